The summed E-state index contributed by atoms with van der Waals surface area (Å²) in [5, 5.41) is 19.0. The van der Waals surface area contributed by atoms with Crippen LogP contribution in [0.5, 0.6) is 0 Å². The van der Waals surface area contributed by atoms with E-state index in [9.17, 15) is 9.90 Å². The molecule has 0 aliphatic heterocycles. The van der Waals surface area contributed by atoms with Crippen molar-refractivity contribution in [3.63, 3.8) is 0 Å². The Labute approximate surface area is 113 Å². The van der Waals surface area contributed by atoms with Crippen LogP contribution in [-0.4, -0.2) is 32.8 Å². The normalized spacial score (nSPS) is 14.6. The molecule has 0 bridgehead atoms. The van der Waals surface area contributed by atoms with Gasteiger partial charge in [0, 0.05) is 16.7 Å². The van der Waals surface area contributed by atoms with Crippen molar-refractivity contribution in [3.05, 3.63) is 22.0 Å². The number of thiophene rings is 1. The van der Waals surface area contributed by atoms with Crippen LogP contribution in [-0.2, 0) is 19.3 Å². The van der Waals surface area contributed by atoms with Crippen molar-refractivity contribution in [2.24, 2.45) is 0 Å². The average molecular weight is 278 g/mol. The Morgan fingerprint density at radius 1 is 1.26 bits per heavy atom. The van der Waals surface area contributed by atoms with Gasteiger partial charge in [-0.05, 0) is 31.2 Å². The number of aliphatic hydroxyl groups excluding tert-OH is 1. The lowest BCUT2D eigenvalue weighted by atomic mass is 9.96. The van der Waals surface area contributed by atoms with Gasteiger partial charge in [-0.2, -0.15) is 0 Å². The number of fused-ring (bicyclic) bond motifs is 3. The molecular formula is C13H14N2O3S. The van der Waals surface area contributed by atoms with Crippen molar-refractivity contribution in [1.82, 2.24) is 9.97 Å². The quantitative estimate of drug-likeness (QED) is 0.894. The molecule has 0 fully saturated rings. The lowest BCUT2D eigenvalue weighted by Crippen LogP contribution is -2.09. The highest BCUT2D eigenvalue weighted by Gasteiger charge is 2.23. The number of hydrogen-bond donors (Lipinski definition) is 2. The Hall–Kier alpha value is -1.53. The van der Waals surface area contributed by atoms with Crippen molar-refractivity contribution >= 4 is 27.5 Å². The Bertz CT molecular complexity index is 651. The molecule has 2 heterocycles. The van der Waals surface area contributed by atoms with Gasteiger partial charge in [-0.3, -0.25) is 0 Å². The maximum absolute atomic E-state index is 11.4. The van der Waals surface area contributed by atoms with Crippen LogP contribution in [0.2, 0.25) is 0 Å². The summed E-state index contributed by atoms with van der Waals surface area (Å²) in [6, 6.07) is 0. The van der Waals surface area contributed by atoms with E-state index in [4.69, 9.17) is 5.11 Å². The Balaban J connectivity index is 2.27. The minimum Gasteiger partial charge on any atom is -0.476 e. The molecule has 2 aromatic heterocycles. The van der Waals surface area contributed by atoms with Gasteiger partial charge >= 0.3 is 5.97 Å². The first-order valence-electron chi connectivity index (χ1n) is 6.36. The number of carboxylic acids is 1. The summed E-state index contributed by atoms with van der Waals surface area (Å²) in [6.45, 7) is -0.0738. The summed E-state index contributed by atoms with van der Waals surface area (Å²) in [5.41, 5.74) is 1.21. The van der Waals surface area contributed by atoms with Gasteiger partial charge in [0.05, 0.1) is 6.61 Å². The fourth-order valence-electron chi connectivity index (χ4n) is 2.57. The zero-order chi connectivity index (χ0) is 13.4. The van der Waals surface area contributed by atoms with Crippen molar-refractivity contribution < 1.29 is 15.0 Å². The molecule has 1 aliphatic rings. The first-order chi connectivity index (χ1) is 9.20. The number of nitrogens with zero attached hydrogens (tertiary/aromatic N) is 2. The van der Waals surface area contributed by atoms with Crippen LogP contribution in [0.1, 0.15) is 39.6 Å². The third-order valence-electron chi connectivity index (χ3n) is 3.40. The summed E-state index contributed by atoms with van der Waals surface area (Å²) in [4.78, 5) is 21.9. The molecule has 0 radical (unpaired) electrons. The van der Waals surface area contributed by atoms with Crippen LogP contribution in [0.25, 0.3) is 10.2 Å². The Kier molecular flexibility index (Phi) is 3.20. The fraction of sp³-hybridized carbons (Fsp3) is 0.462. The van der Waals surface area contributed by atoms with Crippen LogP contribution in [0, 0.1) is 0 Å². The first kappa shape index (κ1) is 12.5. The standard InChI is InChI=1S/C13H14N2O3S/c16-6-5-9-14-11(13(17)18)10-7-3-1-2-4-8(7)19-12(10)15-9/h16H,1-6H2,(H,17,18). The second-order valence-corrected chi connectivity index (χ2v) is 5.74. The fourth-order valence-corrected chi connectivity index (χ4v) is 3.85. The van der Waals surface area contributed by atoms with Crippen LogP contribution >= 0.6 is 11.3 Å². The van der Waals surface area contributed by atoms with E-state index in [1.807, 2.05) is 0 Å². The number of carbonyl (C=O) groups is 1. The van der Waals surface area contributed by atoms with E-state index in [-0.39, 0.29) is 12.3 Å². The van der Waals surface area contributed by atoms with Crippen LogP contribution in [0.4, 0.5) is 0 Å². The molecule has 0 unspecified atom stereocenters. The average Bonchev–Trinajstić information content (AvgIpc) is 2.76. The molecule has 3 rings (SSSR count). The Morgan fingerprint density at radius 3 is 2.79 bits per heavy atom. The molecule has 2 aromatic rings. The summed E-state index contributed by atoms with van der Waals surface area (Å²) in [7, 11) is 0. The van der Waals surface area contributed by atoms with E-state index < -0.39 is 5.97 Å². The maximum Gasteiger partial charge on any atom is 0.355 e. The molecule has 5 nitrogen and oxygen atoms in total. The predicted molar refractivity (Wildman–Crippen MR) is 71.8 cm³/mol. The second-order valence-electron chi connectivity index (χ2n) is 4.66. The molecule has 6 heteroatoms. The number of aromatic carboxylic acids is 1. The molecule has 0 spiro atoms. The maximum atomic E-state index is 11.4. The van der Waals surface area contributed by atoms with Gasteiger partial charge in [0.15, 0.2) is 5.69 Å². The smallest absolute Gasteiger partial charge is 0.355 e. The molecule has 19 heavy (non-hydrogen) atoms. The molecule has 0 aromatic carbocycles. The highest BCUT2D eigenvalue weighted by molar-refractivity contribution is 7.18. The van der Waals surface area contributed by atoms with Crippen molar-refractivity contribution in [1.29, 1.82) is 0 Å². The third-order valence-corrected chi connectivity index (χ3v) is 4.58. The highest BCUT2D eigenvalue weighted by atomic mass is 32.1. The van der Waals surface area contributed by atoms with E-state index in [1.54, 1.807) is 11.3 Å². The number of rotatable bonds is 3. The van der Waals surface area contributed by atoms with Gasteiger partial charge in [0.2, 0.25) is 0 Å². The van der Waals surface area contributed by atoms with Crippen molar-refractivity contribution in [2.75, 3.05) is 6.61 Å². The van der Waals surface area contributed by atoms with Crippen molar-refractivity contribution in [2.45, 2.75) is 32.1 Å². The van der Waals surface area contributed by atoms with Crippen molar-refractivity contribution in [3.8, 4) is 0 Å². The zero-order valence-corrected chi connectivity index (χ0v) is 11.2. The predicted octanol–water partition coefficient (Wildman–Crippen LogP) is 1.80. The lowest BCUT2D eigenvalue weighted by Gasteiger charge is -2.10. The van der Waals surface area contributed by atoms with Crippen LogP contribution in [0.3, 0.4) is 0 Å². The summed E-state index contributed by atoms with van der Waals surface area (Å²) < 4.78 is 0. The molecule has 0 saturated carbocycles. The number of aliphatic hydroxyl groups is 1. The molecule has 0 saturated heterocycles. The van der Waals surface area contributed by atoms with Gasteiger partial charge in [0.1, 0.15) is 10.7 Å². The van der Waals surface area contributed by atoms with E-state index in [2.05, 4.69) is 9.97 Å². The minimum absolute atomic E-state index is 0.0738. The summed E-state index contributed by atoms with van der Waals surface area (Å²) in [5.74, 6) is -0.608. The van der Waals surface area contributed by atoms with Gasteiger partial charge in [-0.25, -0.2) is 14.8 Å². The van der Waals surface area contributed by atoms with Crippen LogP contribution in [0.15, 0.2) is 0 Å². The second kappa shape index (κ2) is 4.86. The SMILES string of the molecule is O=C(O)c1nc(CCO)nc2sc3c(c12)CCCC3. The molecule has 100 valence electrons. The number of aryl methyl sites for hydroxylation is 2. The van der Waals surface area contributed by atoms with Crippen LogP contribution < -0.4 is 0 Å². The molecule has 2 N–H and O–H groups in total. The number of hydrogen-bond acceptors (Lipinski definition) is 5. The lowest BCUT2D eigenvalue weighted by molar-refractivity contribution is 0.0692. The molecule has 0 amide bonds. The number of aromatic nitrogens is 2. The topological polar surface area (TPSA) is 83.3 Å². The van der Waals surface area contributed by atoms with E-state index in [0.29, 0.717) is 17.6 Å². The summed E-state index contributed by atoms with van der Waals surface area (Å²) >= 11 is 1.58. The first-order valence-corrected chi connectivity index (χ1v) is 7.17. The Morgan fingerprint density at radius 2 is 2.05 bits per heavy atom. The molecular weight excluding hydrogens is 264 g/mol. The van der Waals surface area contributed by atoms with Gasteiger partial charge in [-0.15, -0.1) is 11.3 Å². The highest BCUT2D eigenvalue weighted by Crippen LogP contribution is 2.36. The van der Waals surface area contributed by atoms with E-state index in [1.165, 1.54) is 4.88 Å². The minimum atomic E-state index is -1.02. The summed E-state index contributed by atoms with van der Waals surface area (Å²) in [6.07, 6.45) is 4.46. The van der Waals surface area contributed by atoms with Gasteiger partial charge < -0.3 is 10.2 Å². The molecule has 1 aliphatic carbocycles. The van der Waals surface area contributed by atoms with E-state index >= 15 is 0 Å². The van der Waals surface area contributed by atoms with Gasteiger partial charge in [-0.1, -0.05) is 0 Å². The number of carboxylic acid groups (broad SMARTS) is 1. The van der Waals surface area contributed by atoms with Gasteiger partial charge in [0.25, 0.3) is 0 Å². The zero-order valence-electron chi connectivity index (χ0n) is 10.3. The van der Waals surface area contributed by atoms with E-state index in [0.717, 1.165) is 36.1 Å². The largest absolute Gasteiger partial charge is 0.476 e. The molecule has 0 atom stereocenters. The monoisotopic (exact) mass is 278 g/mol. The third kappa shape index (κ3) is 2.11.